The molecule has 0 aliphatic rings. The van der Waals surface area contributed by atoms with Crippen molar-refractivity contribution in [3.63, 3.8) is 0 Å². The van der Waals surface area contributed by atoms with Crippen LogP contribution < -0.4 is 0 Å². The zero-order chi connectivity index (χ0) is 12.8. The molecule has 0 aromatic carbocycles. The summed E-state index contributed by atoms with van der Waals surface area (Å²) < 4.78 is 58.0. The number of hydrogen-bond acceptors (Lipinski definition) is 5. The van der Waals surface area contributed by atoms with Gasteiger partial charge in [0.25, 0.3) is 20.2 Å². The quantitative estimate of drug-likeness (QED) is 0.402. The van der Waals surface area contributed by atoms with Crippen LogP contribution in [-0.2, 0) is 20.2 Å². The van der Waals surface area contributed by atoms with Crippen LogP contribution in [0.4, 0.5) is 0 Å². The summed E-state index contributed by atoms with van der Waals surface area (Å²) in [6, 6.07) is 0. The van der Waals surface area contributed by atoms with Gasteiger partial charge >= 0.3 is 0 Å². The first-order valence-electron chi connectivity index (χ1n) is 4.52. The van der Waals surface area contributed by atoms with E-state index in [4.69, 9.17) is 14.2 Å². The van der Waals surface area contributed by atoms with Crippen molar-refractivity contribution in [1.29, 1.82) is 0 Å². The minimum absolute atomic E-state index is 0.216. The molecule has 1 atom stereocenters. The van der Waals surface area contributed by atoms with Gasteiger partial charge in [-0.2, -0.15) is 16.8 Å². The molecule has 97 valence electrons. The van der Waals surface area contributed by atoms with Gasteiger partial charge in [0.2, 0.25) is 0 Å². The van der Waals surface area contributed by atoms with E-state index in [1.54, 1.807) is 0 Å². The summed E-state index contributed by atoms with van der Waals surface area (Å²) in [5.74, 6) is -1.14. The average molecular weight is 275 g/mol. The molecule has 1 radical (unpaired) electrons. The molecule has 0 bridgehead atoms. The van der Waals surface area contributed by atoms with Crippen molar-refractivity contribution < 1.29 is 31.0 Å². The van der Waals surface area contributed by atoms with Crippen LogP contribution in [0.1, 0.15) is 19.3 Å². The molecule has 0 aromatic heterocycles. The van der Waals surface area contributed by atoms with Crippen LogP contribution in [0, 0.1) is 6.42 Å². The van der Waals surface area contributed by atoms with Crippen LogP contribution in [0.3, 0.4) is 0 Å². The fourth-order valence-electron chi connectivity index (χ4n) is 1.02. The van der Waals surface area contributed by atoms with E-state index in [9.17, 15) is 16.8 Å². The van der Waals surface area contributed by atoms with E-state index < -0.39 is 32.1 Å². The highest BCUT2D eigenvalue weighted by Gasteiger charge is 2.13. The van der Waals surface area contributed by atoms with Crippen molar-refractivity contribution in [1.82, 2.24) is 0 Å². The lowest BCUT2D eigenvalue weighted by molar-refractivity contribution is 0.222. The zero-order valence-corrected chi connectivity index (χ0v) is 10.1. The third kappa shape index (κ3) is 11.9. The van der Waals surface area contributed by atoms with E-state index in [2.05, 4.69) is 0 Å². The fourth-order valence-corrected chi connectivity index (χ4v) is 2.16. The first-order valence-corrected chi connectivity index (χ1v) is 7.74. The molecule has 0 saturated heterocycles. The number of rotatable bonds is 8. The van der Waals surface area contributed by atoms with Gasteiger partial charge < -0.3 is 5.11 Å². The van der Waals surface area contributed by atoms with Crippen molar-refractivity contribution in [2.24, 2.45) is 0 Å². The largest absolute Gasteiger partial charge is 0.392 e. The maximum Gasteiger partial charge on any atom is 0.267 e. The molecular weight excluding hydrogens is 260 g/mol. The summed E-state index contributed by atoms with van der Waals surface area (Å²) in [6.07, 6.45) is 0.890. The van der Waals surface area contributed by atoms with E-state index >= 15 is 0 Å². The Balaban J connectivity index is 3.60. The Morgan fingerprint density at radius 1 is 1.00 bits per heavy atom. The second-order valence-corrected chi connectivity index (χ2v) is 6.40. The highest BCUT2D eigenvalue weighted by atomic mass is 32.2. The predicted octanol–water partition coefficient (Wildman–Crippen LogP) is -0.503. The maximum atomic E-state index is 10.3. The molecule has 0 heterocycles. The van der Waals surface area contributed by atoms with Crippen molar-refractivity contribution in [3.05, 3.63) is 6.42 Å². The molecule has 1 unspecified atom stereocenters. The lowest BCUT2D eigenvalue weighted by atomic mass is 10.1. The van der Waals surface area contributed by atoms with E-state index in [0.29, 0.717) is 12.8 Å². The first-order chi connectivity index (χ1) is 7.10. The van der Waals surface area contributed by atoms with Crippen LogP contribution in [0.25, 0.3) is 0 Å². The molecule has 0 aromatic rings. The molecule has 0 rings (SSSR count). The van der Waals surface area contributed by atoms with Crippen molar-refractivity contribution >= 4 is 20.2 Å². The SMILES string of the molecule is O=S(=O)(O)CCCC[CH]C(O)CS(=O)(=O)O. The second-order valence-electron chi connectivity index (χ2n) is 3.33. The van der Waals surface area contributed by atoms with Crippen LogP contribution in [0.2, 0.25) is 0 Å². The molecule has 0 amide bonds. The minimum Gasteiger partial charge on any atom is -0.392 e. The van der Waals surface area contributed by atoms with Gasteiger partial charge in [0, 0.05) is 0 Å². The number of unbranched alkanes of at least 4 members (excludes halogenated alkanes) is 2. The Kier molecular flexibility index (Phi) is 6.41. The summed E-state index contributed by atoms with van der Waals surface area (Å²) >= 11 is 0. The fraction of sp³-hybridized carbons (Fsp3) is 0.857. The van der Waals surface area contributed by atoms with Crippen LogP contribution in [0.5, 0.6) is 0 Å². The van der Waals surface area contributed by atoms with Gasteiger partial charge in [0.1, 0.15) is 5.75 Å². The lowest BCUT2D eigenvalue weighted by Crippen LogP contribution is -2.20. The molecule has 0 spiro atoms. The van der Waals surface area contributed by atoms with Crippen molar-refractivity contribution in [3.8, 4) is 0 Å². The van der Waals surface area contributed by atoms with Crippen molar-refractivity contribution in [2.75, 3.05) is 11.5 Å². The summed E-state index contributed by atoms with van der Waals surface area (Å²) in [4.78, 5) is 0. The van der Waals surface area contributed by atoms with E-state index in [0.717, 1.165) is 0 Å². The highest BCUT2D eigenvalue weighted by molar-refractivity contribution is 7.86. The van der Waals surface area contributed by atoms with Gasteiger partial charge in [0.15, 0.2) is 0 Å². The second kappa shape index (κ2) is 6.50. The van der Waals surface area contributed by atoms with E-state index in [1.165, 1.54) is 6.42 Å². The van der Waals surface area contributed by atoms with Gasteiger partial charge in [0.05, 0.1) is 11.9 Å². The molecule has 9 heteroatoms. The third-order valence-electron chi connectivity index (χ3n) is 1.68. The highest BCUT2D eigenvalue weighted by Crippen LogP contribution is 2.05. The summed E-state index contributed by atoms with van der Waals surface area (Å²) in [6.45, 7) is 0. The van der Waals surface area contributed by atoms with E-state index in [-0.39, 0.29) is 12.2 Å². The number of aliphatic hydroxyl groups is 1. The average Bonchev–Trinajstić information content (AvgIpc) is 1.97. The lowest BCUT2D eigenvalue weighted by Gasteiger charge is -2.07. The first kappa shape index (κ1) is 15.8. The third-order valence-corrected chi connectivity index (χ3v) is 3.24. The molecule has 3 N–H and O–H groups in total. The Morgan fingerprint density at radius 2 is 1.56 bits per heavy atom. The molecule has 7 nitrogen and oxygen atoms in total. The zero-order valence-electron chi connectivity index (χ0n) is 8.48. The number of hydrogen-bond donors (Lipinski definition) is 3. The summed E-state index contributed by atoms with van der Waals surface area (Å²) in [5.41, 5.74) is 0. The normalized spacial score (nSPS) is 14.9. The molecular formula is C7H15O7S2. The van der Waals surface area contributed by atoms with Crippen LogP contribution in [0.15, 0.2) is 0 Å². The molecule has 0 fully saturated rings. The smallest absolute Gasteiger partial charge is 0.267 e. The predicted molar refractivity (Wildman–Crippen MR) is 57.0 cm³/mol. The van der Waals surface area contributed by atoms with Crippen LogP contribution in [-0.4, -0.2) is 48.7 Å². The molecule has 0 saturated carbocycles. The Labute approximate surface area is 95.0 Å². The van der Waals surface area contributed by atoms with Crippen LogP contribution >= 0.6 is 0 Å². The van der Waals surface area contributed by atoms with Gasteiger partial charge in [-0.3, -0.25) is 9.11 Å². The standard InChI is InChI=1S/C7H15O7S2/c8-7(6-16(12,13)14)4-2-1-3-5-15(9,10)11/h4,7-8H,1-3,5-6H2,(H,9,10,11)(H,12,13,14). The van der Waals surface area contributed by atoms with Gasteiger partial charge in [-0.05, 0) is 19.3 Å². The van der Waals surface area contributed by atoms with Crippen molar-refractivity contribution in [2.45, 2.75) is 25.4 Å². The molecule has 16 heavy (non-hydrogen) atoms. The Morgan fingerprint density at radius 3 is 2.00 bits per heavy atom. The Bertz CT molecular complexity index is 383. The van der Waals surface area contributed by atoms with Gasteiger partial charge in [-0.25, -0.2) is 0 Å². The topological polar surface area (TPSA) is 129 Å². The summed E-state index contributed by atoms with van der Waals surface area (Å²) in [5, 5.41) is 9.08. The van der Waals surface area contributed by atoms with E-state index in [1.807, 2.05) is 0 Å². The van der Waals surface area contributed by atoms with Gasteiger partial charge in [-0.1, -0.05) is 6.42 Å². The molecule has 0 aliphatic carbocycles. The summed E-state index contributed by atoms with van der Waals surface area (Å²) in [7, 11) is -8.17. The monoisotopic (exact) mass is 275 g/mol. The Hall–Kier alpha value is -0.220. The maximum absolute atomic E-state index is 10.3. The van der Waals surface area contributed by atoms with Gasteiger partial charge in [-0.15, -0.1) is 0 Å². The molecule has 0 aliphatic heterocycles. The number of aliphatic hydroxyl groups excluding tert-OH is 1. The minimum atomic E-state index is -4.21.